The summed E-state index contributed by atoms with van der Waals surface area (Å²) in [5, 5.41) is -0.673. The molecule has 0 amide bonds. The highest BCUT2D eigenvalue weighted by atomic mass is 35.5. The zero-order valence-electron chi connectivity index (χ0n) is 13.6. The van der Waals surface area contributed by atoms with E-state index in [2.05, 4.69) is 4.74 Å². The Labute approximate surface area is 147 Å². The third kappa shape index (κ3) is 6.22. The van der Waals surface area contributed by atoms with E-state index in [1.165, 1.54) is 7.11 Å². The predicted octanol–water partition coefficient (Wildman–Crippen LogP) is 3.61. The zero-order valence-corrected chi connectivity index (χ0v) is 14.4. The Kier molecular flexibility index (Phi) is 7.59. The minimum atomic E-state index is -0.673. The van der Waals surface area contributed by atoms with Crippen LogP contribution in [-0.4, -0.2) is 31.7 Å². The summed E-state index contributed by atoms with van der Waals surface area (Å²) in [6, 6.07) is 17.5. The van der Waals surface area contributed by atoms with Crippen LogP contribution in [0.15, 0.2) is 54.6 Å². The molecule has 1 unspecified atom stereocenters. The second-order valence-corrected chi connectivity index (χ2v) is 5.75. The Balaban J connectivity index is 1.67. The minimum Gasteiger partial charge on any atom is -0.491 e. The van der Waals surface area contributed by atoms with E-state index in [1.807, 2.05) is 54.6 Å². The highest BCUT2D eigenvalue weighted by Crippen LogP contribution is 2.15. The van der Waals surface area contributed by atoms with Crippen molar-refractivity contribution in [3.8, 4) is 5.75 Å². The van der Waals surface area contributed by atoms with Crippen LogP contribution in [0.2, 0.25) is 0 Å². The van der Waals surface area contributed by atoms with E-state index in [1.54, 1.807) is 0 Å². The van der Waals surface area contributed by atoms with E-state index in [4.69, 9.17) is 21.1 Å². The van der Waals surface area contributed by atoms with Crippen LogP contribution >= 0.6 is 11.6 Å². The highest BCUT2D eigenvalue weighted by Gasteiger charge is 2.15. The van der Waals surface area contributed by atoms with Crippen molar-refractivity contribution >= 4 is 17.6 Å². The van der Waals surface area contributed by atoms with Gasteiger partial charge in [0, 0.05) is 0 Å². The highest BCUT2D eigenvalue weighted by molar-refractivity contribution is 6.30. The van der Waals surface area contributed by atoms with Crippen LogP contribution in [0.3, 0.4) is 0 Å². The van der Waals surface area contributed by atoms with E-state index < -0.39 is 11.3 Å². The standard InChI is InChI=1S/C19H21ClO4/c1-22-19(21)18(20)13-15-7-9-17(10-8-15)24-12-11-23-14-16-5-3-2-4-6-16/h2-10,18H,11-14H2,1H3. The fraction of sp³-hybridized carbons (Fsp3) is 0.316. The van der Waals surface area contributed by atoms with Gasteiger partial charge in [0.2, 0.25) is 0 Å². The van der Waals surface area contributed by atoms with E-state index in [-0.39, 0.29) is 0 Å². The topological polar surface area (TPSA) is 44.8 Å². The number of ether oxygens (including phenoxy) is 3. The van der Waals surface area contributed by atoms with Crippen LogP contribution in [0, 0.1) is 0 Å². The van der Waals surface area contributed by atoms with E-state index in [9.17, 15) is 4.79 Å². The summed E-state index contributed by atoms with van der Waals surface area (Å²) in [5.41, 5.74) is 2.09. The molecule has 0 saturated carbocycles. The quantitative estimate of drug-likeness (QED) is 0.394. The maximum atomic E-state index is 11.3. The lowest BCUT2D eigenvalue weighted by Crippen LogP contribution is -2.18. The summed E-state index contributed by atoms with van der Waals surface area (Å²) in [5.74, 6) is 0.332. The molecule has 2 aromatic rings. The maximum Gasteiger partial charge on any atom is 0.324 e. The van der Waals surface area contributed by atoms with Crippen LogP contribution in [0.1, 0.15) is 11.1 Å². The van der Waals surface area contributed by atoms with Gasteiger partial charge >= 0.3 is 5.97 Å². The number of alkyl halides is 1. The van der Waals surface area contributed by atoms with Crippen molar-refractivity contribution in [1.82, 2.24) is 0 Å². The molecule has 0 heterocycles. The van der Waals surface area contributed by atoms with Gasteiger partial charge in [-0.25, -0.2) is 0 Å². The number of benzene rings is 2. The Morgan fingerprint density at radius 2 is 1.71 bits per heavy atom. The molecular weight excluding hydrogens is 328 g/mol. The molecular formula is C19H21ClO4. The number of rotatable bonds is 9. The summed E-state index contributed by atoms with van der Waals surface area (Å²) in [4.78, 5) is 11.3. The molecule has 4 nitrogen and oxygen atoms in total. The van der Waals surface area contributed by atoms with Crippen molar-refractivity contribution in [3.05, 3.63) is 65.7 Å². The largest absolute Gasteiger partial charge is 0.491 e. The monoisotopic (exact) mass is 348 g/mol. The molecule has 0 aliphatic rings. The number of esters is 1. The normalized spacial score (nSPS) is 11.8. The summed E-state index contributed by atoms with van der Waals surface area (Å²) in [6.07, 6.45) is 0.425. The van der Waals surface area contributed by atoms with Crippen LogP contribution in [-0.2, 0) is 27.3 Å². The number of carbonyl (C=O) groups is 1. The van der Waals surface area contributed by atoms with E-state index in [0.29, 0.717) is 26.2 Å². The molecule has 5 heteroatoms. The molecule has 1 atom stereocenters. The fourth-order valence-electron chi connectivity index (χ4n) is 2.12. The third-order valence-electron chi connectivity index (χ3n) is 3.40. The van der Waals surface area contributed by atoms with Gasteiger partial charge in [-0.3, -0.25) is 4.79 Å². The van der Waals surface area contributed by atoms with Gasteiger partial charge in [0.25, 0.3) is 0 Å². The first-order chi connectivity index (χ1) is 11.7. The van der Waals surface area contributed by atoms with Crippen molar-refractivity contribution in [2.45, 2.75) is 18.4 Å². The lowest BCUT2D eigenvalue weighted by molar-refractivity contribution is -0.140. The SMILES string of the molecule is COC(=O)C(Cl)Cc1ccc(OCCOCc2ccccc2)cc1. The van der Waals surface area contributed by atoms with Crippen molar-refractivity contribution in [1.29, 1.82) is 0 Å². The Morgan fingerprint density at radius 3 is 2.38 bits per heavy atom. The number of carbonyl (C=O) groups excluding carboxylic acids is 1. The van der Waals surface area contributed by atoms with Crippen LogP contribution in [0.25, 0.3) is 0 Å². The molecule has 0 N–H and O–H groups in total. The first-order valence-corrected chi connectivity index (χ1v) is 8.18. The number of methoxy groups -OCH3 is 1. The lowest BCUT2D eigenvalue weighted by atomic mass is 10.1. The average molecular weight is 349 g/mol. The summed E-state index contributed by atoms with van der Waals surface area (Å²) in [7, 11) is 1.33. The maximum absolute atomic E-state index is 11.3. The second kappa shape index (κ2) is 9.96. The molecule has 2 rings (SSSR count). The lowest BCUT2D eigenvalue weighted by Gasteiger charge is -2.09. The van der Waals surface area contributed by atoms with Gasteiger partial charge in [0.05, 0.1) is 20.3 Å². The first-order valence-electron chi connectivity index (χ1n) is 7.74. The van der Waals surface area contributed by atoms with Crippen LogP contribution in [0.4, 0.5) is 0 Å². The van der Waals surface area contributed by atoms with Gasteiger partial charge in [-0.15, -0.1) is 11.6 Å². The molecule has 128 valence electrons. The molecule has 2 aromatic carbocycles. The molecule has 0 aliphatic carbocycles. The Bertz CT molecular complexity index is 613. The average Bonchev–Trinajstić information content (AvgIpc) is 2.63. The summed E-state index contributed by atoms with van der Waals surface area (Å²) in [6.45, 7) is 1.57. The predicted molar refractivity (Wildman–Crippen MR) is 93.4 cm³/mol. The zero-order chi connectivity index (χ0) is 17.2. The molecule has 0 aliphatic heterocycles. The van der Waals surface area contributed by atoms with Gasteiger partial charge in [-0.05, 0) is 29.7 Å². The fourth-order valence-corrected chi connectivity index (χ4v) is 2.39. The number of halogens is 1. The van der Waals surface area contributed by atoms with Gasteiger partial charge in [0.1, 0.15) is 17.7 Å². The molecule has 0 radical (unpaired) electrons. The van der Waals surface area contributed by atoms with Gasteiger partial charge in [-0.2, -0.15) is 0 Å². The van der Waals surface area contributed by atoms with Gasteiger partial charge in [-0.1, -0.05) is 42.5 Å². The van der Waals surface area contributed by atoms with Crippen molar-refractivity contribution in [2.75, 3.05) is 20.3 Å². The minimum absolute atomic E-state index is 0.424. The molecule has 0 spiro atoms. The Morgan fingerprint density at radius 1 is 1.00 bits per heavy atom. The van der Waals surface area contributed by atoms with Gasteiger partial charge in [0.15, 0.2) is 0 Å². The summed E-state index contributed by atoms with van der Waals surface area (Å²) < 4.78 is 15.8. The Hall–Kier alpha value is -2.04. The van der Waals surface area contributed by atoms with Crippen LogP contribution in [0.5, 0.6) is 5.75 Å². The molecule has 0 aromatic heterocycles. The number of hydrogen-bond donors (Lipinski definition) is 0. The summed E-state index contributed by atoms with van der Waals surface area (Å²) >= 11 is 5.95. The molecule has 0 fully saturated rings. The van der Waals surface area contributed by atoms with Crippen LogP contribution < -0.4 is 4.74 Å². The van der Waals surface area contributed by atoms with E-state index >= 15 is 0 Å². The van der Waals surface area contributed by atoms with E-state index in [0.717, 1.165) is 16.9 Å². The molecule has 0 saturated heterocycles. The smallest absolute Gasteiger partial charge is 0.324 e. The van der Waals surface area contributed by atoms with Crippen molar-refractivity contribution in [2.24, 2.45) is 0 Å². The number of hydrogen-bond acceptors (Lipinski definition) is 4. The molecule has 0 bridgehead atoms. The first kappa shape index (κ1) is 18.3. The molecule has 24 heavy (non-hydrogen) atoms. The van der Waals surface area contributed by atoms with Crippen molar-refractivity contribution < 1.29 is 19.0 Å². The second-order valence-electron chi connectivity index (χ2n) is 5.23. The van der Waals surface area contributed by atoms with Gasteiger partial charge < -0.3 is 14.2 Å². The third-order valence-corrected chi connectivity index (χ3v) is 3.74. The van der Waals surface area contributed by atoms with Crippen molar-refractivity contribution in [3.63, 3.8) is 0 Å².